The molecular formula is C13H9ClF3N3O. The van der Waals surface area contributed by atoms with Gasteiger partial charge in [-0.3, -0.25) is 0 Å². The van der Waals surface area contributed by atoms with Gasteiger partial charge < -0.3 is 4.74 Å². The van der Waals surface area contributed by atoms with Crippen LogP contribution in [0.15, 0.2) is 42.0 Å². The summed E-state index contributed by atoms with van der Waals surface area (Å²) in [5.41, 5.74) is 0.891. The molecule has 0 aliphatic heterocycles. The molecule has 0 saturated carbocycles. The van der Waals surface area contributed by atoms with Gasteiger partial charge in [0.15, 0.2) is 5.82 Å². The quantitative estimate of drug-likeness (QED) is 0.782. The molecule has 21 heavy (non-hydrogen) atoms. The third kappa shape index (κ3) is 3.43. The van der Waals surface area contributed by atoms with E-state index in [1.165, 1.54) is 29.1 Å². The van der Waals surface area contributed by atoms with Gasteiger partial charge in [0.2, 0.25) is 0 Å². The number of hydrogen-bond acceptors (Lipinski definition) is 3. The Morgan fingerprint density at radius 2 is 2.10 bits per heavy atom. The van der Waals surface area contributed by atoms with Crippen LogP contribution in [0.25, 0.3) is 16.3 Å². The molecule has 0 aliphatic rings. The lowest BCUT2D eigenvalue weighted by atomic mass is 10.1. The van der Waals surface area contributed by atoms with Crippen molar-refractivity contribution in [1.29, 1.82) is 0 Å². The Bertz CT molecular complexity index is 694. The maximum absolute atomic E-state index is 12.2. The third-order valence-corrected chi connectivity index (χ3v) is 2.66. The van der Waals surface area contributed by atoms with Crippen LogP contribution in [-0.4, -0.2) is 22.9 Å². The number of hydrogen-bond donors (Lipinski definition) is 0. The molecule has 8 heteroatoms. The largest absolute Gasteiger partial charge is 0.573 e. The summed E-state index contributed by atoms with van der Waals surface area (Å²) in [6, 6.07) is 5.44. The summed E-state index contributed by atoms with van der Waals surface area (Å²) >= 11 is 5.75. The highest BCUT2D eigenvalue weighted by Crippen LogP contribution is 2.34. The zero-order chi connectivity index (χ0) is 15.6. The summed E-state index contributed by atoms with van der Waals surface area (Å²) in [6.07, 6.45) is -3.35. The van der Waals surface area contributed by atoms with Crippen LogP contribution in [-0.2, 0) is 0 Å². The lowest BCUT2D eigenvalue weighted by molar-refractivity contribution is -0.274. The number of aliphatic imine (C=N–C) groups is 1. The molecule has 0 radical (unpaired) electrons. The lowest BCUT2D eigenvalue weighted by Crippen LogP contribution is -2.17. The normalized spacial score (nSPS) is 11.2. The SMILES string of the molecule is C=Nc1c(-c2cccc(OC(F)(F)F)c2)cnn1C(=C)Cl. The van der Waals surface area contributed by atoms with E-state index in [0.29, 0.717) is 11.1 Å². The summed E-state index contributed by atoms with van der Waals surface area (Å²) in [5, 5.41) is 4.04. The minimum atomic E-state index is -4.76. The van der Waals surface area contributed by atoms with Crippen LogP contribution in [0.5, 0.6) is 5.75 Å². The first-order valence-corrected chi connectivity index (χ1v) is 5.95. The van der Waals surface area contributed by atoms with Crippen LogP contribution in [0.2, 0.25) is 0 Å². The Morgan fingerprint density at radius 3 is 2.67 bits per heavy atom. The molecule has 2 rings (SSSR count). The molecule has 110 valence electrons. The molecular weight excluding hydrogens is 307 g/mol. The number of benzene rings is 1. The summed E-state index contributed by atoms with van der Waals surface area (Å²) < 4.78 is 41.8. The smallest absolute Gasteiger partial charge is 0.406 e. The Morgan fingerprint density at radius 1 is 1.38 bits per heavy atom. The van der Waals surface area contributed by atoms with E-state index < -0.39 is 6.36 Å². The second kappa shape index (κ2) is 5.61. The lowest BCUT2D eigenvalue weighted by Gasteiger charge is -2.10. The topological polar surface area (TPSA) is 39.4 Å². The molecule has 4 nitrogen and oxygen atoms in total. The maximum atomic E-state index is 12.2. The minimum Gasteiger partial charge on any atom is -0.406 e. The van der Waals surface area contributed by atoms with Crippen LogP contribution in [0.3, 0.4) is 0 Å². The molecule has 1 heterocycles. The van der Waals surface area contributed by atoms with Crippen LogP contribution >= 0.6 is 11.6 Å². The Kier molecular flexibility index (Phi) is 4.04. The molecule has 0 unspecified atom stereocenters. The number of aromatic nitrogens is 2. The van der Waals surface area contributed by atoms with Crippen molar-refractivity contribution >= 4 is 29.3 Å². The molecule has 0 atom stereocenters. The van der Waals surface area contributed by atoms with Crippen LogP contribution in [0, 0.1) is 0 Å². The second-order valence-corrected chi connectivity index (χ2v) is 4.34. The third-order valence-electron chi connectivity index (χ3n) is 2.50. The highest BCUT2D eigenvalue weighted by atomic mass is 35.5. The molecule has 0 spiro atoms. The van der Waals surface area contributed by atoms with E-state index in [4.69, 9.17) is 11.6 Å². The van der Waals surface area contributed by atoms with Gasteiger partial charge >= 0.3 is 6.36 Å². The first-order chi connectivity index (χ1) is 9.81. The van der Waals surface area contributed by atoms with E-state index in [0.717, 1.165) is 0 Å². The first-order valence-electron chi connectivity index (χ1n) is 5.57. The Balaban J connectivity index is 2.46. The van der Waals surface area contributed by atoms with Crippen molar-refractivity contribution in [3.8, 4) is 16.9 Å². The minimum absolute atomic E-state index is 0.0892. The zero-order valence-electron chi connectivity index (χ0n) is 10.6. The Labute approximate surface area is 123 Å². The predicted molar refractivity (Wildman–Crippen MR) is 74.7 cm³/mol. The average molecular weight is 316 g/mol. The first kappa shape index (κ1) is 15.1. The molecule has 1 aromatic carbocycles. The fraction of sp³-hybridized carbons (Fsp3) is 0.0769. The molecule has 0 amide bonds. The zero-order valence-corrected chi connectivity index (χ0v) is 11.3. The average Bonchev–Trinajstić information content (AvgIpc) is 2.80. The fourth-order valence-electron chi connectivity index (χ4n) is 1.74. The molecule has 1 aromatic heterocycles. The van der Waals surface area contributed by atoms with Gasteiger partial charge in [-0.15, -0.1) is 13.2 Å². The van der Waals surface area contributed by atoms with Crippen molar-refractivity contribution in [3.63, 3.8) is 0 Å². The molecule has 0 aliphatic carbocycles. The van der Waals surface area contributed by atoms with E-state index in [-0.39, 0.29) is 16.7 Å². The van der Waals surface area contributed by atoms with Crippen molar-refractivity contribution in [2.24, 2.45) is 4.99 Å². The highest BCUT2D eigenvalue weighted by molar-refractivity contribution is 6.44. The van der Waals surface area contributed by atoms with Gasteiger partial charge in [0.05, 0.1) is 6.20 Å². The monoisotopic (exact) mass is 315 g/mol. The molecule has 0 saturated heterocycles. The van der Waals surface area contributed by atoms with Gasteiger partial charge in [-0.05, 0) is 24.4 Å². The van der Waals surface area contributed by atoms with Gasteiger partial charge in [0, 0.05) is 5.56 Å². The summed E-state index contributed by atoms with van der Waals surface area (Å²) in [6.45, 7) is 6.90. The van der Waals surface area contributed by atoms with Crippen LogP contribution in [0.1, 0.15) is 0 Å². The van der Waals surface area contributed by atoms with Crippen molar-refractivity contribution in [1.82, 2.24) is 9.78 Å². The van der Waals surface area contributed by atoms with Gasteiger partial charge in [-0.2, -0.15) is 5.10 Å². The predicted octanol–water partition coefficient (Wildman–Crippen LogP) is 4.45. The van der Waals surface area contributed by atoms with Crippen LogP contribution < -0.4 is 4.74 Å². The van der Waals surface area contributed by atoms with Gasteiger partial charge in [-0.1, -0.05) is 30.3 Å². The summed E-state index contributed by atoms with van der Waals surface area (Å²) in [7, 11) is 0. The van der Waals surface area contributed by atoms with Crippen molar-refractivity contribution < 1.29 is 17.9 Å². The highest BCUT2D eigenvalue weighted by Gasteiger charge is 2.31. The van der Waals surface area contributed by atoms with E-state index in [1.807, 2.05) is 0 Å². The number of alkyl halides is 3. The van der Waals surface area contributed by atoms with Gasteiger partial charge in [-0.25, -0.2) is 9.67 Å². The number of nitrogens with zero attached hydrogens (tertiary/aromatic N) is 3. The molecule has 0 bridgehead atoms. The van der Waals surface area contributed by atoms with Crippen molar-refractivity contribution in [3.05, 3.63) is 37.0 Å². The van der Waals surface area contributed by atoms with Crippen LogP contribution in [0.4, 0.5) is 19.0 Å². The molecule has 2 aromatic rings. The number of ether oxygens (including phenoxy) is 1. The van der Waals surface area contributed by atoms with Gasteiger partial charge in [0.1, 0.15) is 10.9 Å². The van der Waals surface area contributed by atoms with E-state index in [9.17, 15) is 13.2 Å². The molecule has 0 fully saturated rings. The number of halogens is 4. The standard InChI is InChI=1S/C13H9ClF3N3O/c1-8(14)20-12(18-2)11(7-19-20)9-4-3-5-10(6-9)21-13(15,16)17/h3-7H,1-2H2. The second-order valence-electron chi connectivity index (χ2n) is 3.90. The number of rotatable bonds is 4. The summed E-state index contributed by atoms with van der Waals surface area (Å²) in [4.78, 5) is 3.77. The van der Waals surface area contributed by atoms with E-state index >= 15 is 0 Å². The Hall–Kier alpha value is -2.28. The fourth-order valence-corrected chi connectivity index (χ4v) is 1.86. The van der Waals surface area contributed by atoms with Gasteiger partial charge in [0.25, 0.3) is 0 Å². The van der Waals surface area contributed by atoms with E-state index in [1.54, 1.807) is 6.07 Å². The molecule has 0 N–H and O–H groups in total. The maximum Gasteiger partial charge on any atom is 0.573 e. The van der Waals surface area contributed by atoms with Crippen molar-refractivity contribution in [2.45, 2.75) is 6.36 Å². The summed E-state index contributed by atoms with van der Waals surface area (Å²) in [5.74, 6) is -0.0633. The van der Waals surface area contributed by atoms with Crippen molar-refractivity contribution in [2.75, 3.05) is 0 Å². The van der Waals surface area contributed by atoms with E-state index in [2.05, 4.69) is 28.1 Å².